The minimum Gasteiger partial charge on any atom is -0.382 e. The normalized spacial score (nSPS) is 12.1. The zero-order chi connectivity index (χ0) is 21.4. The number of anilines is 1. The van der Waals surface area contributed by atoms with Crippen LogP contribution < -0.4 is 5.73 Å². The maximum absolute atomic E-state index is 13.5. The van der Waals surface area contributed by atoms with Gasteiger partial charge in [-0.05, 0) is 42.0 Å². The molecule has 0 saturated carbocycles. The number of nitrogen functional groups attached to an aromatic ring is 1. The van der Waals surface area contributed by atoms with Crippen molar-refractivity contribution in [1.29, 1.82) is 0 Å². The summed E-state index contributed by atoms with van der Waals surface area (Å²) in [6, 6.07) is 18.9. The van der Waals surface area contributed by atoms with Gasteiger partial charge < -0.3 is 5.73 Å². The molecule has 2 aromatic carbocycles. The van der Waals surface area contributed by atoms with Crippen LogP contribution in [-0.4, -0.2) is 34.3 Å². The molecule has 3 aromatic heterocycles. The van der Waals surface area contributed by atoms with Crippen LogP contribution in [0.3, 0.4) is 0 Å². The summed E-state index contributed by atoms with van der Waals surface area (Å²) < 4.78 is 28.3. The molecule has 31 heavy (non-hydrogen) atoms. The van der Waals surface area contributed by atoms with Gasteiger partial charge in [0.25, 0.3) is 0 Å². The maximum atomic E-state index is 13.5. The molecule has 5 rings (SSSR count). The van der Waals surface area contributed by atoms with E-state index in [2.05, 4.69) is 20.1 Å². The largest absolute Gasteiger partial charge is 0.382 e. The van der Waals surface area contributed by atoms with Gasteiger partial charge in [0.05, 0.1) is 22.1 Å². The summed E-state index contributed by atoms with van der Waals surface area (Å²) in [7, 11) is -3.96. The molecule has 0 fully saturated rings. The second-order valence-electron chi connectivity index (χ2n) is 6.75. The molecule has 3 heterocycles. The molecular weight excluding hydrogens is 412 g/mol. The van der Waals surface area contributed by atoms with Crippen LogP contribution in [0.15, 0.2) is 94.0 Å². The average Bonchev–Trinajstić information content (AvgIpc) is 3.08. The summed E-state index contributed by atoms with van der Waals surface area (Å²) in [5.74, 6) is -0.0561. The van der Waals surface area contributed by atoms with E-state index < -0.39 is 9.84 Å². The summed E-state index contributed by atoms with van der Waals surface area (Å²) in [6.45, 7) is 0. The van der Waals surface area contributed by atoms with Gasteiger partial charge in [0.15, 0.2) is 5.65 Å². The number of hydrogen-bond acceptors (Lipinski definition) is 7. The third-order valence-electron chi connectivity index (χ3n) is 4.78. The van der Waals surface area contributed by atoms with Gasteiger partial charge in [-0.2, -0.15) is 9.78 Å². The third-order valence-corrected chi connectivity index (χ3v) is 6.61. The van der Waals surface area contributed by atoms with Gasteiger partial charge in [0.1, 0.15) is 16.2 Å². The number of para-hydroxylation sites is 2. The van der Waals surface area contributed by atoms with Crippen LogP contribution in [0.2, 0.25) is 0 Å². The van der Waals surface area contributed by atoms with E-state index in [4.69, 9.17) is 5.73 Å². The predicted molar refractivity (Wildman–Crippen MR) is 119 cm³/mol. The lowest BCUT2D eigenvalue weighted by Gasteiger charge is -2.04. The van der Waals surface area contributed by atoms with E-state index in [-0.39, 0.29) is 26.8 Å². The van der Waals surface area contributed by atoms with Gasteiger partial charge in [0.2, 0.25) is 9.84 Å². The summed E-state index contributed by atoms with van der Waals surface area (Å²) in [6.07, 6.45) is 4.83. The van der Waals surface area contributed by atoms with Crippen LogP contribution >= 0.6 is 0 Å². The smallest absolute Gasteiger partial charge is 0.212 e. The topological polar surface area (TPSA) is 116 Å². The number of benzene rings is 2. The van der Waals surface area contributed by atoms with Crippen molar-refractivity contribution in [3.63, 3.8) is 0 Å². The molecule has 0 bridgehead atoms. The highest BCUT2D eigenvalue weighted by molar-refractivity contribution is 7.92. The number of hydrogen-bond donors (Lipinski definition) is 1. The highest BCUT2D eigenvalue weighted by Crippen LogP contribution is 2.35. The standard InChI is InChI=1S/C22H16N6O2S/c23-21-20(31(29,30)16-6-2-1-3-7-16)19-22(27-18-9-5-4-8-17(18)26-19)28(21)25-14-15-10-12-24-13-11-15/h1-14H,23H2. The van der Waals surface area contributed by atoms with Gasteiger partial charge in [-0.3, -0.25) is 4.98 Å². The van der Waals surface area contributed by atoms with Crippen LogP contribution in [0.4, 0.5) is 5.82 Å². The third kappa shape index (κ3) is 3.21. The van der Waals surface area contributed by atoms with Crippen LogP contribution in [0.1, 0.15) is 5.56 Å². The molecule has 0 radical (unpaired) electrons. The Labute approximate surface area is 177 Å². The van der Waals surface area contributed by atoms with Crippen molar-refractivity contribution in [3.8, 4) is 0 Å². The van der Waals surface area contributed by atoms with Crippen LogP contribution in [0.25, 0.3) is 22.2 Å². The Hall–Kier alpha value is -4.11. The van der Waals surface area contributed by atoms with E-state index >= 15 is 0 Å². The van der Waals surface area contributed by atoms with Crippen molar-refractivity contribution >= 4 is 44.1 Å². The van der Waals surface area contributed by atoms with Crippen LogP contribution in [-0.2, 0) is 9.84 Å². The van der Waals surface area contributed by atoms with Gasteiger partial charge in [0, 0.05) is 12.4 Å². The first-order valence-electron chi connectivity index (χ1n) is 9.37. The predicted octanol–water partition coefficient (Wildman–Crippen LogP) is 3.28. The van der Waals surface area contributed by atoms with Gasteiger partial charge in [-0.1, -0.05) is 30.3 Å². The molecule has 8 nitrogen and oxygen atoms in total. The Kier molecular flexibility index (Phi) is 4.45. The first-order chi connectivity index (χ1) is 15.1. The molecule has 0 aliphatic rings. The zero-order valence-corrected chi connectivity index (χ0v) is 16.9. The fourth-order valence-electron chi connectivity index (χ4n) is 3.30. The first-order valence-corrected chi connectivity index (χ1v) is 10.9. The number of pyridine rings is 1. The van der Waals surface area contributed by atoms with Crippen LogP contribution in [0.5, 0.6) is 0 Å². The number of aromatic nitrogens is 4. The molecule has 0 saturated heterocycles. The number of rotatable bonds is 4. The minimum absolute atomic E-state index is 0.0561. The number of nitrogens with zero attached hydrogens (tertiary/aromatic N) is 5. The molecule has 9 heteroatoms. The highest BCUT2D eigenvalue weighted by atomic mass is 32.2. The number of fused-ring (bicyclic) bond motifs is 2. The Morgan fingerprint density at radius 1 is 0.871 bits per heavy atom. The van der Waals surface area contributed by atoms with E-state index in [9.17, 15) is 8.42 Å². The van der Waals surface area contributed by atoms with E-state index in [1.54, 1.807) is 61.1 Å². The SMILES string of the molecule is Nc1c(S(=O)(=O)c2ccccc2)c2nc3ccccc3nc2n1N=Cc1ccncc1. The Balaban J connectivity index is 1.82. The summed E-state index contributed by atoms with van der Waals surface area (Å²) in [5.41, 5.74) is 8.73. The lowest BCUT2D eigenvalue weighted by Crippen LogP contribution is -2.06. The summed E-state index contributed by atoms with van der Waals surface area (Å²) >= 11 is 0. The lowest BCUT2D eigenvalue weighted by atomic mass is 10.3. The fourth-order valence-corrected chi connectivity index (χ4v) is 4.80. The molecule has 0 atom stereocenters. The van der Waals surface area contributed by atoms with E-state index in [1.807, 2.05) is 12.1 Å². The Bertz CT molecular complexity index is 1550. The second-order valence-corrected chi connectivity index (χ2v) is 8.64. The van der Waals surface area contributed by atoms with Gasteiger partial charge in [-0.25, -0.2) is 18.4 Å². The van der Waals surface area contributed by atoms with Crippen molar-refractivity contribution in [2.45, 2.75) is 9.79 Å². The molecule has 152 valence electrons. The highest BCUT2D eigenvalue weighted by Gasteiger charge is 2.30. The maximum Gasteiger partial charge on any atom is 0.212 e. The summed E-state index contributed by atoms with van der Waals surface area (Å²) in [4.78, 5) is 13.2. The molecule has 5 aromatic rings. The first kappa shape index (κ1) is 18.9. The van der Waals surface area contributed by atoms with Gasteiger partial charge >= 0.3 is 0 Å². The van der Waals surface area contributed by atoms with Crippen LogP contribution in [0, 0.1) is 0 Å². The quantitative estimate of drug-likeness (QED) is 0.439. The van der Waals surface area contributed by atoms with E-state index in [0.717, 1.165) is 5.56 Å². The zero-order valence-electron chi connectivity index (χ0n) is 16.1. The number of sulfone groups is 1. The van der Waals surface area contributed by atoms with E-state index in [1.165, 1.54) is 16.8 Å². The Morgan fingerprint density at radius 2 is 1.52 bits per heavy atom. The molecule has 0 amide bonds. The van der Waals surface area contributed by atoms with Crippen molar-refractivity contribution in [2.75, 3.05) is 5.73 Å². The Morgan fingerprint density at radius 3 is 2.23 bits per heavy atom. The van der Waals surface area contributed by atoms with Crippen molar-refractivity contribution < 1.29 is 8.42 Å². The average molecular weight is 428 g/mol. The molecule has 0 unspecified atom stereocenters. The van der Waals surface area contributed by atoms with Gasteiger partial charge in [-0.15, -0.1) is 0 Å². The second kappa shape index (κ2) is 7.29. The molecule has 0 aliphatic heterocycles. The lowest BCUT2D eigenvalue weighted by molar-refractivity contribution is 0.597. The minimum atomic E-state index is -3.96. The molecule has 0 aliphatic carbocycles. The van der Waals surface area contributed by atoms with E-state index in [0.29, 0.717) is 11.0 Å². The number of nitrogens with two attached hydrogens (primary N) is 1. The molecule has 2 N–H and O–H groups in total. The molecular formula is C22H16N6O2S. The summed E-state index contributed by atoms with van der Waals surface area (Å²) in [5, 5.41) is 4.41. The monoisotopic (exact) mass is 428 g/mol. The van der Waals surface area contributed by atoms with Crippen molar-refractivity contribution in [1.82, 2.24) is 19.6 Å². The fraction of sp³-hybridized carbons (Fsp3) is 0. The van der Waals surface area contributed by atoms with Crippen molar-refractivity contribution in [2.24, 2.45) is 5.10 Å². The van der Waals surface area contributed by atoms with Crippen molar-refractivity contribution in [3.05, 3.63) is 84.7 Å². The molecule has 0 spiro atoms.